The van der Waals surface area contributed by atoms with Crippen molar-refractivity contribution in [2.45, 2.75) is 102 Å². The average Bonchev–Trinajstić information content (AvgIpc) is 2.59. The summed E-state index contributed by atoms with van der Waals surface area (Å²) < 4.78 is 0. The van der Waals surface area contributed by atoms with Gasteiger partial charge in [-0.3, -0.25) is 0 Å². The maximum absolute atomic E-state index is 4.08. The minimum atomic E-state index is 0.866. The number of nitrogens with one attached hydrogen (secondary N) is 1. The molecule has 1 saturated heterocycles. The van der Waals surface area contributed by atoms with E-state index in [-0.39, 0.29) is 0 Å². The monoisotopic (exact) mass is 263 g/mol. The molecule has 110 valence electrons. The summed E-state index contributed by atoms with van der Waals surface area (Å²) in [6.45, 7) is 0. The van der Waals surface area contributed by atoms with Gasteiger partial charge in [0.25, 0.3) is 0 Å². The van der Waals surface area contributed by atoms with Gasteiger partial charge >= 0.3 is 0 Å². The van der Waals surface area contributed by atoms with Crippen molar-refractivity contribution in [1.82, 2.24) is 5.32 Å². The largest absolute Gasteiger partial charge is 0.311 e. The maximum atomic E-state index is 4.08. The molecular formula is C18H33N. The highest BCUT2D eigenvalue weighted by molar-refractivity contribution is 4.92. The highest BCUT2D eigenvalue weighted by Gasteiger charge is 2.36. The quantitative estimate of drug-likeness (QED) is 0.645. The molecule has 1 nitrogen and oxygen atoms in total. The normalized spacial score (nSPS) is 41.7. The van der Waals surface area contributed by atoms with E-state index in [0.717, 1.165) is 23.9 Å². The van der Waals surface area contributed by atoms with Gasteiger partial charge in [0.05, 0.1) is 0 Å². The smallest absolute Gasteiger partial charge is 0.0101 e. The third-order valence-corrected chi connectivity index (χ3v) is 6.09. The van der Waals surface area contributed by atoms with E-state index in [1.165, 1.54) is 83.5 Å². The third-order valence-electron chi connectivity index (χ3n) is 6.09. The Labute approximate surface area is 119 Å². The van der Waals surface area contributed by atoms with Gasteiger partial charge in [0.1, 0.15) is 0 Å². The van der Waals surface area contributed by atoms with Gasteiger partial charge in [0.15, 0.2) is 0 Å². The summed E-state index contributed by atoms with van der Waals surface area (Å²) in [6, 6.07) is 1.74. The lowest BCUT2D eigenvalue weighted by atomic mass is 9.72. The van der Waals surface area contributed by atoms with Crippen molar-refractivity contribution in [2.24, 2.45) is 11.8 Å². The van der Waals surface area contributed by atoms with Crippen LogP contribution in [0.1, 0.15) is 89.9 Å². The minimum absolute atomic E-state index is 0.866. The zero-order chi connectivity index (χ0) is 12.9. The lowest BCUT2D eigenvalue weighted by Gasteiger charge is -2.43. The summed E-state index contributed by atoms with van der Waals surface area (Å²) in [4.78, 5) is 0. The van der Waals surface area contributed by atoms with Gasteiger partial charge in [-0.2, -0.15) is 0 Å². The van der Waals surface area contributed by atoms with Gasteiger partial charge < -0.3 is 5.32 Å². The topological polar surface area (TPSA) is 12.0 Å². The van der Waals surface area contributed by atoms with Gasteiger partial charge in [-0.05, 0) is 37.5 Å². The van der Waals surface area contributed by atoms with E-state index in [2.05, 4.69) is 5.32 Å². The van der Waals surface area contributed by atoms with Crippen molar-refractivity contribution in [3.8, 4) is 0 Å². The lowest BCUT2D eigenvalue weighted by molar-refractivity contribution is 0.122. The Kier molecular flexibility index (Phi) is 5.21. The van der Waals surface area contributed by atoms with Gasteiger partial charge in [-0.25, -0.2) is 0 Å². The van der Waals surface area contributed by atoms with Crippen LogP contribution >= 0.6 is 0 Å². The molecule has 0 aromatic carbocycles. The second kappa shape index (κ2) is 7.11. The lowest BCUT2D eigenvalue weighted by Crippen LogP contribution is -2.51. The zero-order valence-corrected chi connectivity index (χ0v) is 12.7. The molecule has 3 fully saturated rings. The van der Waals surface area contributed by atoms with E-state index in [4.69, 9.17) is 0 Å². The Morgan fingerprint density at radius 2 is 1.21 bits per heavy atom. The van der Waals surface area contributed by atoms with Crippen LogP contribution in [0.5, 0.6) is 0 Å². The summed E-state index contributed by atoms with van der Waals surface area (Å²) in [6.07, 6.45) is 20.9. The van der Waals surface area contributed by atoms with Crippen molar-refractivity contribution in [1.29, 1.82) is 0 Å². The van der Waals surface area contributed by atoms with Crippen molar-refractivity contribution in [3.05, 3.63) is 0 Å². The van der Waals surface area contributed by atoms with Crippen molar-refractivity contribution in [3.63, 3.8) is 0 Å². The minimum Gasteiger partial charge on any atom is -0.311 e. The second-order valence-electron chi connectivity index (χ2n) is 7.47. The van der Waals surface area contributed by atoms with Crippen molar-refractivity contribution < 1.29 is 0 Å². The summed E-state index contributed by atoms with van der Waals surface area (Å²) in [5.74, 6) is 2.08. The number of hydrogen-bond acceptors (Lipinski definition) is 1. The number of rotatable bonds is 0. The number of fused-ring (bicyclic) bond motifs is 4. The molecule has 0 aromatic heterocycles. The highest BCUT2D eigenvalue weighted by Crippen LogP contribution is 2.39. The molecule has 2 saturated carbocycles. The van der Waals surface area contributed by atoms with Gasteiger partial charge in [0.2, 0.25) is 0 Å². The Hall–Kier alpha value is -0.0400. The molecule has 2 aliphatic carbocycles. The second-order valence-corrected chi connectivity index (χ2v) is 7.47. The summed E-state index contributed by atoms with van der Waals surface area (Å²) in [7, 11) is 0. The molecule has 0 spiro atoms. The van der Waals surface area contributed by atoms with Crippen LogP contribution in [0.15, 0.2) is 0 Å². The molecule has 3 rings (SSSR count). The SMILES string of the molecule is C1CCCC2C3CCCCCCC(C3)N[C@H]2CCC1. The van der Waals surface area contributed by atoms with Crippen LogP contribution in [0.25, 0.3) is 0 Å². The fourth-order valence-electron chi connectivity index (χ4n) is 5.06. The molecular weight excluding hydrogens is 230 g/mol. The molecule has 1 N–H and O–H groups in total. The molecule has 0 amide bonds. The fourth-order valence-corrected chi connectivity index (χ4v) is 5.06. The Bertz CT molecular complexity index is 256. The number of hydrogen-bond donors (Lipinski definition) is 1. The van der Waals surface area contributed by atoms with Crippen molar-refractivity contribution >= 4 is 0 Å². The van der Waals surface area contributed by atoms with Crippen LogP contribution in [0.2, 0.25) is 0 Å². The van der Waals surface area contributed by atoms with E-state index in [1.54, 1.807) is 6.42 Å². The van der Waals surface area contributed by atoms with E-state index in [0.29, 0.717) is 0 Å². The van der Waals surface area contributed by atoms with Crippen LogP contribution in [-0.4, -0.2) is 12.1 Å². The first-order chi connectivity index (χ1) is 9.43. The number of piperidine rings is 1. The van der Waals surface area contributed by atoms with Crippen molar-refractivity contribution in [2.75, 3.05) is 0 Å². The van der Waals surface area contributed by atoms with Gasteiger partial charge in [0, 0.05) is 12.1 Å². The third kappa shape index (κ3) is 3.74. The van der Waals surface area contributed by atoms with E-state index in [9.17, 15) is 0 Å². The standard InChI is InChI=1S/C18H33N/c1-2-8-12-17-15-10-6-4-5-7-11-16(14-15)19-18(17)13-9-3-1/h15-19H,1-14H2/t15?,16?,17?,18-/m0/s1. The first-order valence-corrected chi connectivity index (χ1v) is 9.19. The molecule has 2 bridgehead atoms. The first kappa shape index (κ1) is 13.9. The highest BCUT2D eigenvalue weighted by atomic mass is 15.0. The molecule has 19 heavy (non-hydrogen) atoms. The van der Waals surface area contributed by atoms with E-state index >= 15 is 0 Å². The first-order valence-electron chi connectivity index (χ1n) is 9.19. The molecule has 1 aliphatic heterocycles. The molecule has 0 radical (unpaired) electrons. The average molecular weight is 263 g/mol. The molecule has 0 aromatic rings. The molecule has 1 heterocycles. The summed E-state index contributed by atoms with van der Waals surface area (Å²) in [5, 5.41) is 4.08. The van der Waals surface area contributed by atoms with Crippen LogP contribution in [0.3, 0.4) is 0 Å². The molecule has 1 heteroatoms. The van der Waals surface area contributed by atoms with E-state index in [1.807, 2.05) is 0 Å². The fraction of sp³-hybridized carbons (Fsp3) is 1.00. The Balaban J connectivity index is 1.70. The van der Waals surface area contributed by atoms with Crippen LogP contribution in [0.4, 0.5) is 0 Å². The zero-order valence-electron chi connectivity index (χ0n) is 12.7. The molecule has 4 atom stereocenters. The van der Waals surface area contributed by atoms with Gasteiger partial charge in [-0.15, -0.1) is 0 Å². The maximum Gasteiger partial charge on any atom is 0.0101 e. The summed E-state index contributed by atoms with van der Waals surface area (Å²) >= 11 is 0. The van der Waals surface area contributed by atoms with Crippen LogP contribution in [-0.2, 0) is 0 Å². The molecule has 3 unspecified atom stereocenters. The Morgan fingerprint density at radius 1 is 0.579 bits per heavy atom. The Morgan fingerprint density at radius 3 is 2.05 bits per heavy atom. The predicted molar refractivity (Wildman–Crippen MR) is 82.3 cm³/mol. The predicted octanol–water partition coefficient (Wildman–Crippen LogP) is 5.05. The van der Waals surface area contributed by atoms with Crippen LogP contribution < -0.4 is 5.32 Å². The van der Waals surface area contributed by atoms with Crippen LogP contribution in [0, 0.1) is 11.8 Å². The molecule has 3 aliphatic rings. The van der Waals surface area contributed by atoms with Gasteiger partial charge in [-0.1, -0.05) is 64.2 Å². The summed E-state index contributed by atoms with van der Waals surface area (Å²) in [5.41, 5.74) is 0. The van der Waals surface area contributed by atoms with E-state index < -0.39 is 0 Å².